The van der Waals surface area contributed by atoms with Gasteiger partial charge in [-0.05, 0) is 25.0 Å². The fourth-order valence-corrected chi connectivity index (χ4v) is 2.53. The maximum Gasteiger partial charge on any atom is 0.348 e. The standard InChI is InChI=1S/C12H13N3O3S/c1-7-4-3-5-8(2)10(7)15-11(18)13-14-12(15)19-6-9(16)17/h3-5H,6H2,1-2H3,(H,13,18)(H,16,17). The van der Waals surface area contributed by atoms with Crippen LogP contribution >= 0.6 is 11.8 Å². The highest BCUT2D eigenvalue weighted by Crippen LogP contribution is 2.22. The van der Waals surface area contributed by atoms with E-state index in [4.69, 9.17) is 5.11 Å². The van der Waals surface area contributed by atoms with Gasteiger partial charge in [0.1, 0.15) is 0 Å². The molecule has 0 bridgehead atoms. The minimum Gasteiger partial charge on any atom is -0.481 e. The third-order valence-electron chi connectivity index (χ3n) is 2.63. The molecule has 0 unspecified atom stereocenters. The second-order valence-electron chi connectivity index (χ2n) is 4.07. The van der Waals surface area contributed by atoms with Crippen molar-refractivity contribution in [3.8, 4) is 5.69 Å². The van der Waals surface area contributed by atoms with E-state index in [2.05, 4.69) is 10.2 Å². The van der Waals surface area contributed by atoms with E-state index in [9.17, 15) is 9.59 Å². The Kier molecular flexibility index (Phi) is 3.75. The molecule has 1 aromatic carbocycles. The first kappa shape index (κ1) is 13.4. The van der Waals surface area contributed by atoms with Crippen LogP contribution in [-0.2, 0) is 4.79 Å². The summed E-state index contributed by atoms with van der Waals surface area (Å²) in [6.07, 6.45) is 0. The summed E-state index contributed by atoms with van der Waals surface area (Å²) in [6, 6.07) is 5.70. The normalized spacial score (nSPS) is 10.6. The summed E-state index contributed by atoms with van der Waals surface area (Å²) in [5.74, 6) is -1.09. The van der Waals surface area contributed by atoms with E-state index in [1.54, 1.807) is 0 Å². The van der Waals surface area contributed by atoms with Crippen molar-refractivity contribution in [3.63, 3.8) is 0 Å². The van der Waals surface area contributed by atoms with Gasteiger partial charge in [-0.3, -0.25) is 4.79 Å². The van der Waals surface area contributed by atoms with Crippen LogP contribution in [-0.4, -0.2) is 31.6 Å². The minimum absolute atomic E-state index is 0.144. The van der Waals surface area contributed by atoms with Gasteiger partial charge in [0.05, 0.1) is 11.4 Å². The molecule has 0 aliphatic carbocycles. The molecule has 1 heterocycles. The number of carboxylic acids is 1. The number of para-hydroxylation sites is 1. The molecule has 6 nitrogen and oxygen atoms in total. The van der Waals surface area contributed by atoms with Gasteiger partial charge in [-0.1, -0.05) is 30.0 Å². The van der Waals surface area contributed by atoms with Crippen LogP contribution in [0.15, 0.2) is 28.2 Å². The highest BCUT2D eigenvalue weighted by atomic mass is 32.2. The Morgan fingerprint density at radius 2 is 2.05 bits per heavy atom. The van der Waals surface area contributed by atoms with Crippen LogP contribution in [0.4, 0.5) is 0 Å². The molecule has 1 aromatic heterocycles. The second kappa shape index (κ2) is 5.31. The number of aromatic amines is 1. The summed E-state index contributed by atoms with van der Waals surface area (Å²) in [5, 5.41) is 15.3. The van der Waals surface area contributed by atoms with E-state index in [0.717, 1.165) is 28.6 Å². The molecule has 2 rings (SSSR count). The maximum absolute atomic E-state index is 11.9. The molecule has 0 fully saturated rings. The maximum atomic E-state index is 11.9. The number of benzene rings is 1. The van der Waals surface area contributed by atoms with E-state index in [-0.39, 0.29) is 11.4 Å². The summed E-state index contributed by atoms with van der Waals surface area (Å²) in [4.78, 5) is 22.5. The predicted molar refractivity (Wildman–Crippen MR) is 72.0 cm³/mol. The number of nitrogens with zero attached hydrogens (tertiary/aromatic N) is 2. The molecule has 7 heteroatoms. The van der Waals surface area contributed by atoms with E-state index < -0.39 is 5.97 Å². The van der Waals surface area contributed by atoms with E-state index in [0.29, 0.717) is 5.16 Å². The molecular formula is C12H13N3O3S. The van der Waals surface area contributed by atoms with Crippen LogP contribution in [0.2, 0.25) is 0 Å². The quantitative estimate of drug-likeness (QED) is 0.825. The number of aryl methyl sites for hydroxylation is 2. The third kappa shape index (κ3) is 2.70. The number of carboxylic acid groups (broad SMARTS) is 1. The monoisotopic (exact) mass is 279 g/mol. The van der Waals surface area contributed by atoms with Crippen molar-refractivity contribution in [3.05, 3.63) is 39.8 Å². The number of rotatable bonds is 4. The molecule has 19 heavy (non-hydrogen) atoms. The molecule has 0 saturated carbocycles. The predicted octanol–water partition coefficient (Wildman–Crippen LogP) is 1.35. The lowest BCUT2D eigenvalue weighted by molar-refractivity contribution is -0.133. The fourth-order valence-electron chi connectivity index (χ4n) is 1.86. The zero-order valence-corrected chi connectivity index (χ0v) is 11.3. The minimum atomic E-state index is -0.950. The molecule has 2 N–H and O–H groups in total. The lowest BCUT2D eigenvalue weighted by Crippen LogP contribution is -2.18. The molecule has 2 aromatic rings. The van der Waals surface area contributed by atoms with Gasteiger partial charge in [0, 0.05) is 0 Å². The van der Waals surface area contributed by atoms with Gasteiger partial charge in [-0.15, -0.1) is 5.10 Å². The molecule has 0 aliphatic heterocycles. The summed E-state index contributed by atoms with van der Waals surface area (Å²) < 4.78 is 1.41. The summed E-state index contributed by atoms with van der Waals surface area (Å²) in [7, 11) is 0. The number of hydrogen-bond acceptors (Lipinski definition) is 4. The fraction of sp³-hybridized carbons (Fsp3) is 0.250. The number of carbonyl (C=O) groups is 1. The Balaban J connectivity index is 2.53. The van der Waals surface area contributed by atoms with Crippen LogP contribution in [0, 0.1) is 13.8 Å². The first-order valence-corrected chi connectivity index (χ1v) is 6.58. The number of hydrogen-bond donors (Lipinski definition) is 2. The van der Waals surface area contributed by atoms with Gasteiger partial charge in [0.2, 0.25) is 0 Å². The van der Waals surface area contributed by atoms with Crippen molar-refractivity contribution in [1.29, 1.82) is 0 Å². The first-order chi connectivity index (χ1) is 9.00. The number of H-pyrrole nitrogens is 1. The Morgan fingerprint density at radius 1 is 1.42 bits per heavy atom. The van der Waals surface area contributed by atoms with Gasteiger partial charge in [-0.2, -0.15) is 0 Å². The molecule has 0 radical (unpaired) electrons. The largest absolute Gasteiger partial charge is 0.481 e. The van der Waals surface area contributed by atoms with Crippen molar-refractivity contribution < 1.29 is 9.90 Å². The number of aromatic nitrogens is 3. The summed E-state index contributed by atoms with van der Waals surface area (Å²) in [6.45, 7) is 3.79. The third-order valence-corrected chi connectivity index (χ3v) is 3.55. The zero-order chi connectivity index (χ0) is 14.0. The first-order valence-electron chi connectivity index (χ1n) is 5.59. The van der Waals surface area contributed by atoms with Crippen LogP contribution < -0.4 is 5.69 Å². The molecule has 0 spiro atoms. The average molecular weight is 279 g/mol. The second-order valence-corrected chi connectivity index (χ2v) is 5.01. The number of thioether (sulfide) groups is 1. The Hall–Kier alpha value is -2.02. The molecule has 0 aliphatic rings. The van der Waals surface area contributed by atoms with Crippen LogP contribution in [0.5, 0.6) is 0 Å². The summed E-state index contributed by atoms with van der Waals surface area (Å²) in [5.41, 5.74) is 2.24. The van der Waals surface area contributed by atoms with E-state index in [1.807, 2.05) is 32.0 Å². The molecule has 0 amide bonds. The molecule has 0 atom stereocenters. The molecular weight excluding hydrogens is 266 g/mol. The van der Waals surface area contributed by atoms with Gasteiger partial charge < -0.3 is 5.11 Å². The zero-order valence-electron chi connectivity index (χ0n) is 10.5. The highest BCUT2D eigenvalue weighted by molar-refractivity contribution is 7.99. The smallest absolute Gasteiger partial charge is 0.348 e. The van der Waals surface area contributed by atoms with Crippen LogP contribution in [0.1, 0.15) is 11.1 Å². The van der Waals surface area contributed by atoms with E-state index >= 15 is 0 Å². The van der Waals surface area contributed by atoms with Crippen molar-refractivity contribution in [2.75, 3.05) is 5.75 Å². The van der Waals surface area contributed by atoms with E-state index in [1.165, 1.54) is 4.57 Å². The lowest BCUT2D eigenvalue weighted by Gasteiger charge is -2.11. The number of aliphatic carboxylic acids is 1. The van der Waals surface area contributed by atoms with Gasteiger partial charge >= 0.3 is 11.7 Å². The van der Waals surface area contributed by atoms with Gasteiger partial charge in [0.25, 0.3) is 0 Å². The Bertz CT molecular complexity index is 655. The van der Waals surface area contributed by atoms with Crippen molar-refractivity contribution >= 4 is 17.7 Å². The number of nitrogens with one attached hydrogen (secondary N) is 1. The molecule has 100 valence electrons. The van der Waals surface area contributed by atoms with Crippen LogP contribution in [0.25, 0.3) is 5.69 Å². The lowest BCUT2D eigenvalue weighted by atomic mass is 10.1. The highest BCUT2D eigenvalue weighted by Gasteiger charge is 2.15. The van der Waals surface area contributed by atoms with Gasteiger partial charge in [-0.25, -0.2) is 14.5 Å². The summed E-state index contributed by atoms with van der Waals surface area (Å²) >= 11 is 1.01. The van der Waals surface area contributed by atoms with Gasteiger partial charge in [0.15, 0.2) is 5.16 Å². The Labute approximate surface area is 113 Å². The van der Waals surface area contributed by atoms with Crippen molar-refractivity contribution in [1.82, 2.24) is 14.8 Å². The molecule has 0 saturated heterocycles. The van der Waals surface area contributed by atoms with Crippen molar-refractivity contribution in [2.24, 2.45) is 0 Å². The van der Waals surface area contributed by atoms with Crippen LogP contribution in [0.3, 0.4) is 0 Å². The average Bonchev–Trinajstić information content (AvgIpc) is 2.69. The topological polar surface area (TPSA) is 88.0 Å². The van der Waals surface area contributed by atoms with Crippen molar-refractivity contribution in [2.45, 2.75) is 19.0 Å². The SMILES string of the molecule is Cc1cccc(C)c1-n1c(SCC(=O)O)n[nH]c1=O. The Morgan fingerprint density at radius 3 is 2.63 bits per heavy atom.